The summed E-state index contributed by atoms with van der Waals surface area (Å²) < 4.78 is 0.908. The van der Waals surface area contributed by atoms with E-state index in [1.807, 2.05) is 36.4 Å². The molecule has 0 unspecified atom stereocenters. The second kappa shape index (κ2) is 5.32. The summed E-state index contributed by atoms with van der Waals surface area (Å²) in [6.45, 7) is 0. The summed E-state index contributed by atoms with van der Waals surface area (Å²) in [5, 5.41) is 0.700. The molecule has 62 valence electrons. The molecule has 0 bridgehead atoms. The van der Waals surface area contributed by atoms with Crippen molar-refractivity contribution in [3.05, 3.63) is 51.3 Å². The zero-order valence-corrected chi connectivity index (χ0v) is 9.16. The van der Waals surface area contributed by atoms with Crippen LogP contribution in [0.4, 0.5) is 0 Å². The number of halogens is 2. The fourth-order valence-electron chi connectivity index (χ4n) is 0.623. The molecule has 3 heteroatoms. The fraction of sp³-hybridized carbons (Fsp3) is 0. The molecule has 1 aromatic heterocycles. The highest BCUT2D eigenvalue weighted by Gasteiger charge is 1.79. The largest absolute Gasteiger partial charge is 0.250 e. The van der Waals surface area contributed by atoms with Gasteiger partial charge in [-0.2, -0.15) is 0 Å². The monoisotopic (exact) mass is 291 g/mol. The first kappa shape index (κ1) is 9.74. The van der Waals surface area contributed by atoms with Crippen molar-refractivity contribution in [2.75, 3.05) is 0 Å². The van der Waals surface area contributed by atoms with Gasteiger partial charge >= 0.3 is 0 Å². The third-order valence-electron chi connectivity index (χ3n) is 1.14. The molecule has 0 aromatic carbocycles. The third-order valence-corrected chi connectivity index (χ3v) is 2.03. The fourth-order valence-corrected chi connectivity index (χ4v) is 1.10. The minimum absolute atomic E-state index is 0.700. The van der Waals surface area contributed by atoms with E-state index < -0.39 is 0 Å². The van der Waals surface area contributed by atoms with Gasteiger partial charge in [-0.3, -0.25) is 4.98 Å². The molecule has 1 heterocycles. The number of rotatable bonds is 0. The van der Waals surface area contributed by atoms with Gasteiger partial charge in [0.25, 0.3) is 0 Å². The van der Waals surface area contributed by atoms with Crippen LogP contribution in [-0.4, -0.2) is 4.98 Å². The molecule has 1 nitrogen and oxygen atoms in total. The zero-order chi connectivity index (χ0) is 8.81. The summed E-state index contributed by atoms with van der Waals surface area (Å²) in [4.78, 5) is 4.12. The lowest BCUT2D eigenvalue weighted by Crippen LogP contribution is -1.69. The first-order chi connectivity index (χ1) is 5.79. The number of nitrogens with zero attached hydrogens (tertiary/aromatic N) is 1. The first-order valence-electron chi connectivity index (χ1n) is 3.39. The molecule has 0 N–H and O–H groups in total. The minimum Gasteiger partial charge on any atom is -0.250 e. The van der Waals surface area contributed by atoms with Gasteiger partial charge in [-0.1, -0.05) is 23.7 Å². The van der Waals surface area contributed by atoms with Crippen LogP contribution in [0.15, 0.2) is 42.6 Å². The highest BCUT2D eigenvalue weighted by atomic mass is 127. The highest BCUT2D eigenvalue weighted by Crippen LogP contribution is 2.04. The van der Waals surface area contributed by atoms with Crippen LogP contribution in [0.1, 0.15) is 0 Å². The van der Waals surface area contributed by atoms with Gasteiger partial charge in [0.1, 0.15) is 3.70 Å². The van der Waals surface area contributed by atoms with Crippen LogP contribution in [-0.2, 0) is 0 Å². The smallest absolute Gasteiger partial charge is 0.101 e. The Bertz CT molecular complexity index is 282. The highest BCUT2D eigenvalue weighted by molar-refractivity contribution is 14.1. The predicted octanol–water partition coefficient (Wildman–Crippen LogP) is 3.46. The normalized spacial score (nSPS) is 8.83. The molecule has 0 atom stereocenters. The SMILES string of the molecule is Clc1cccccnc(I)cc1. The molecule has 0 saturated carbocycles. The molecule has 1 rings (SSSR count). The van der Waals surface area contributed by atoms with E-state index >= 15 is 0 Å². The van der Waals surface area contributed by atoms with Crippen molar-refractivity contribution >= 4 is 34.2 Å². The summed E-state index contributed by atoms with van der Waals surface area (Å²) in [5.41, 5.74) is 0. The zero-order valence-electron chi connectivity index (χ0n) is 6.24. The van der Waals surface area contributed by atoms with E-state index in [0.29, 0.717) is 5.02 Å². The van der Waals surface area contributed by atoms with Crippen molar-refractivity contribution in [3.63, 3.8) is 0 Å². The molecular formula is C9H7ClIN. The molecule has 1 aromatic rings. The van der Waals surface area contributed by atoms with Crippen LogP contribution in [0, 0.1) is 3.70 Å². The van der Waals surface area contributed by atoms with Crippen LogP contribution in [0.5, 0.6) is 0 Å². The number of hydrogen-bond acceptors (Lipinski definition) is 1. The Kier molecular flexibility index (Phi) is 4.32. The van der Waals surface area contributed by atoms with E-state index in [2.05, 4.69) is 27.6 Å². The molecule has 0 amide bonds. The second-order valence-corrected chi connectivity index (χ2v) is 3.60. The van der Waals surface area contributed by atoms with Crippen LogP contribution in [0.3, 0.4) is 0 Å². The molecule has 0 radical (unpaired) electrons. The molecule has 0 aliphatic rings. The summed E-state index contributed by atoms with van der Waals surface area (Å²) in [6.07, 6.45) is 1.75. The van der Waals surface area contributed by atoms with Gasteiger partial charge in [-0.05, 0) is 46.9 Å². The predicted molar refractivity (Wildman–Crippen MR) is 59.6 cm³/mol. The average Bonchev–Trinajstić information content (AvgIpc) is 2.07. The Morgan fingerprint density at radius 3 is 2.75 bits per heavy atom. The first-order valence-corrected chi connectivity index (χ1v) is 4.85. The van der Waals surface area contributed by atoms with Gasteiger partial charge in [-0.15, -0.1) is 0 Å². The Morgan fingerprint density at radius 2 is 1.92 bits per heavy atom. The van der Waals surface area contributed by atoms with Gasteiger partial charge in [0.2, 0.25) is 0 Å². The molecule has 0 saturated heterocycles. The molecule has 0 fully saturated rings. The molecule has 0 aliphatic carbocycles. The van der Waals surface area contributed by atoms with Crippen molar-refractivity contribution in [1.29, 1.82) is 0 Å². The molecule has 12 heavy (non-hydrogen) atoms. The Morgan fingerprint density at radius 1 is 1.08 bits per heavy atom. The van der Waals surface area contributed by atoms with E-state index in [1.165, 1.54) is 0 Å². The van der Waals surface area contributed by atoms with Crippen molar-refractivity contribution in [3.8, 4) is 0 Å². The van der Waals surface area contributed by atoms with Crippen molar-refractivity contribution in [1.82, 2.24) is 4.98 Å². The van der Waals surface area contributed by atoms with E-state index in [4.69, 9.17) is 11.6 Å². The second-order valence-electron chi connectivity index (χ2n) is 2.06. The van der Waals surface area contributed by atoms with Crippen molar-refractivity contribution in [2.24, 2.45) is 0 Å². The Hall–Kier alpha value is -0.350. The van der Waals surface area contributed by atoms with Crippen LogP contribution < -0.4 is 0 Å². The maximum absolute atomic E-state index is 5.83. The van der Waals surface area contributed by atoms with Gasteiger partial charge in [0.05, 0.1) is 0 Å². The summed E-state index contributed by atoms with van der Waals surface area (Å²) in [7, 11) is 0. The van der Waals surface area contributed by atoms with Gasteiger partial charge in [0, 0.05) is 11.2 Å². The van der Waals surface area contributed by atoms with Crippen LogP contribution in [0.2, 0.25) is 5.02 Å². The molecular weight excluding hydrogens is 284 g/mol. The van der Waals surface area contributed by atoms with Gasteiger partial charge < -0.3 is 0 Å². The lowest BCUT2D eigenvalue weighted by atomic mass is 10.4. The molecule has 0 aliphatic heterocycles. The molecule has 0 spiro atoms. The maximum atomic E-state index is 5.83. The number of aromatic nitrogens is 1. The third kappa shape index (κ3) is 3.88. The summed E-state index contributed by atoms with van der Waals surface area (Å²) in [6, 6.07) is 11.1. The van der Waals surface area contributed by atoms with Crippen molar-refractivity contribution < 1.29 is 0 Å². The summed E-state index contributed by atoms with van der Waals surface area (Å²) in [5.74, 6) is 0. The van der Waals surface area contributed by atoms with E-state index in [0.717, 1.165) is 3.70 Å². The Labute approximate surface area is 90.3 Å². The summed E-state index contributed by atoms with van der Waals surface area (Å²) >= 11 is 7.97. The topological polar surface area (TPSA) is 12.9 Å². The Balaban J connectivity index is 3.21. The van der Waals surface area contributed by atoms with Gasteiger partial charge in [-0.25, -0.2) is 0 Å². The van der Waals surface area contributed by atoms with Crippen LogP contribution in [0.25, 0.3) is 0 Å². The maximum Gasteiger partial charge on any atom is 0.101 e. The van der Waals surface area contributed by atoms with Crippen LogP contribution >= 0.6 is 34.2 Å². The van der Waals surface area contributed by atoms with Crippen molar-refractivity contribution in [2.45, 2.75) is 0 Å². The van der Waals surface area contributed by atoms with E-state index in [1.54, 1.807) is 6.20 Å². The number of hydrogen-bond donors (Lipinski definition) is 0. The lowest BCUT2D eigenvalue weighted by Gasteiger charge is -1.82. The van der Waals surface area contributed by atoms with E-state index in [-0.39, 0.29) is 0 Å². The van der Waals surface area contributed by atoms with Gasteiger partial charge in [0.15, 0.2) is 0 Å². The minimum atomic E-state index is 0.700. The lowest BCUT2D eigenvalue weighted by molar-refractivity contribution is 1.29. The quantitative estimate of drug-likeness (QED) is 0.667. The standard InChI is InChI=1S/C9H7ClIN/c10-8-4-2-1-3-7-12-9(11)6-5-8/h1-7H. The van der Waals surface area contributed by atoms with E-state index in [9.17, 15) is 0 Å². The average molecular weight is 292 g/mol.